The second kappa shape index (κ2) is 6.00. The summed E-state index contributed by atoms with van der Waals surface area (Å²) in [6, 6.07) is 5.87. The van der Waals surface area contributed by atoms with E-state index in [0.717, 1.165) is 5.69 Å². The number of aromatic nitrogens is 1. The van der Waals surface area contributed by atoms with Crippen LogP contribution in [0.5, 0.6) is 0 Å². The van der Waals surface area contributed by atoms with Crippen molar-refractivity contribution < 1.29 is 4.79 Å². The number of ketones is 1. The van der Waals surface area contributed by atoms with Gasteiger partial charge in [-0.25, -0.2) is 0 Å². The maximum absolute atomic E-state index is 11.4. The third-order valence-electron chi connectivity index (χ3n) is 2.81. The Bertz CT molecular complexity index is 419. The molecule has 0 aliphatic heterocycles. The van der Waals surface area contributed by atoms with Crippen molar-refractivity contribution in [1.82, 2.24) is 4.98 Å². The fourth-order valence-electron chi connectivity index (χ4n) is 1.46. The summed E-state index contributed by atoms with van der Waals surface area (Å²) >= 11 is 0. The molecule has 0 radical (unpaired) electrons. The lowest BCUT2D eigenvalue weighted by molar-refractivity contribution is 0.0983. The molecule has 0 aliphatic rings. The van der Waals surface area contributed by atoms with Gasteiger partial charge in [0.2, 0.25) is 0 Å². The van der Waals surface area contributed by atoms with Crippen LogP contribution in [0.25, 0.3) is 0 Å². The van der Waals surface area contributed by atoms with Crippen LogP contribution in [0.1, 0.15) is 37.2 Å². The summed E-state index contributed by atoms with van der Waals surface area (Å²) in [4.78, 5) is 17.5. The van der Waals surface area contributed by atoms with Gasteiger partial charge in [0.15, 0.2) is 5.78 Å². The number of carbonyl (C=O) groups is 1. The molecule has 1 atom stereocenters. The standard InChI is InChI=1S/C13H17N3O/c1-4-13(17)12-6-5-11(9-15-12)16(3)10(2)7-8-14/h5-6,9-10H,4,7H2,1-3H3. The van der Waals surface area contributed by atoms with Crippen molar-refractivity contribution in [2.75, 3.05) is 11.9 Å². The number of hydrogen-bond acceptors (Lipinski definition) is 4. The molecule has 1 aromatic rings. The van der Waals surface area contributed by atoms with Crippen molar-refractivity contribution in [2.24, 2.45) is 0 Å². The van der Waals surface area contributed by atoms with Crippen LogP contribution in [-0.2, 0) is 0 Å². The van der Waals surface area contributed by atoms with Crippen LogP contribution in [0.4, 0.5) is 5.69 Å². The van der Waals surface area contributed by atoms with Gasteiger partial charge >= 0.3 is 0 Å². The number of pyridine rings is 1. The van der Waals surface area contributed by atoms with Crippen molar-refractivity contribution >= 4 is 11.5 Å². The molecule has 90 valence electrons. The minimum atomic E-state index is 0.0456. The molecular formula is C13H17N3O. The fourth-order valence-corrected chi connectivity index (χ4v) is 1.46. The number of nitrogens with zero attached hydrogens (tertiary/aromatic N) is 3. The van der Waals surface area contributed by atoms with Crippen LogP contribution in [0.2, 0.25) is 0 Å². The van der Waals surface area contributed by atoms with Gasteiger partial charge in [-0.05, 0) is 19.1 Å². The minimum Gasteiger partial charge on any atom is -0.370 e. The SMILES string of the molecule is CCC(=O)c1ccc(N(C)C(C)CC#N)cn1. The Morgan fingerprint density at radius 3 is 2.76 bits per heavy atom. The van der Waals surface area contributed by atoms with Crippen molar-refractivity contribution in [1.29, 1.82) is 5.26 Å². The summed E-state index contributed by atoms with van der Waals surface area (Å²) in [6.07, 6.45) is 2.61. The van der Waals surface area contributed by atoms with Gasteiger partial charge in [0.05, 0.1) is 24.4 Å². The van der Waals surface area contributed by atoms with E-state index in [-0.39, 0.29) is 11.8 Å². The van der Waals surface area contributed by atoms with E-state index in [1.165, 1.54) is 0 Å². The fraction of sp³-hybridized carbons (Fsp3) is 0.462. The number of hydrogen-bond donors (Lipinski definition) is 0. The summed E-state index contributed by atoms with van der Waals surface area (Å²) in [7, 11) is 1.92. The van der Waals surface area contributed by atoms with Crippen LogP contribution in [0.3, 0.4) is 0 Å². The molecule has 0 fully saturated rings. The molecular weight excluding hydrogens is 214 g/mol. The molecule has 0 aliphatic carbocycles. The lowest BCUT2D eigenvalue weighted by Gasteiger charge is -2.24. The van der Waals surface area contributed by atoms with Crippen LogP contribution in [-0.4, -0.2) is 23.9 Å². The molecule has 0 spiro atoms. The van der Waals surface area contributed by atoms with Crippen molar-refractivity contribution in [3.05, 3.63) is 24.0 Å². The van der Waals surface area contributed by atoms with E-state index < -0.39 is 0 Å². The highest BCUT2D eigenvalue weighted by atomic mass is 16.1. The maximum atomic E-state index is 11.4. The van der Waals surface area contributed by atoms with Gasteiger partial charge < -0.3 is 4.90 Å². The largest absolute Gasteiger partial charge is 0.370 e. The summed E-state index contributed by atoms with van der Waals surface area (Å²) in [5, 5.41) is 8.64. The lowest BCUT2D eigenvalue weighted by Crippen LogP contribution is -2.28. The van der Waals surface area contributed by atoms with Gasteiger partial charge in [-0.2, -0.15) is 5.26 Å². The number of carbonyl (C=O) groups excluding carboxylic acids is 1. The maximum Gasteiger partial charge on any atom is 0.180 e. The number of rotatable bonds is 5. The third kappa shape index (κ3) is 3.28. The zero-order valence-electron chi connectivity index (χ0n) is 10.5. The molecule has 0 bridgehead atoms. The van der Waals surface area contributed by atoms with Gasteiger partial charge in [-0.3, -0.25) is 9.78 Å². The highest BCUT2D eigenvalue weighted by molar-refractivity contribution is 5.94. The molecule has 0 saturated heterocycles. The monoisotopic (exact) mass is 231 g/mol. The first-order chi connectivity index (χ1) is 8.10. The van der Waals surface area contributed by atoms with E-state index in [1.54, 1.807) is 12.3 Å². The Kier molecular flexibility index (Phi) is 4.65. The molecule has 1 aromatic heterocycles. The van der Waals surface area contributed by atoms with E-state index in [1.807, 2.05) is 31.9 Å². The van der Waals surface area contributed by atoms with Gasteiger partial charge in [-0.1, -0.05) is 6.92 Å². The molecule has 4 heteroatoms. The van der Waals surface area contributed by atoms with E-state index in [0.29, 0.717) is 18.5 Å². The first-order valence-electron chi connectivity index (χ1n) is 5.69. The first kappa shape index (κ1) is 13.2. The molecule has 0 saturated carbocycles. The summed E-state index contributed by atoms with van der Waals surface area (Å²) in [6.45, 7) is 3.80. The van der Waals surface area contributed by atoms with Crippen molar-refractivity contribution in [3.63, 3.8) is 0 Å². The smallest absolute Gasteiger partial charge is 0.180 e. The predicted octanol–water partition coefficient (Wildman–Crippen LogP) is 2.41. The normalized spacial score (nSPS) is 11.6. The Morgan fingerprint density at radius 2 is 2.29 bits per heavy atom. The second-order valence-corrected chi connectivity index (χ2v) is 4.00. The Hall–Kier alpha value is -1.89. The lowest BCUT2D eigenvalue weighted by atomic mass is 10.2. The van der Waals surface area contributed by atoms with Gasteiger partial charge in [0, 0.05) is 19.5 Å². The molecule has 4 nitrogen and oxygen atoms in total. The van der Waals surface area contributed by atoms with Crippen LogP contribution in [0, 0.1) is 11.3 Å². The Morgan fingerprint density at radius 1 is 1.59 bits per heavy atom. The predicted molar refractivity (Wildman–Crippen MR) is 67.0 cm³/mol. The van der Waals surface area contributed by atoms with E-state index in [2.05, 4.69) is 11.1 Å². The van der Waals surface area contributed by atoms with Crippen molar-refractivity contribution in [2.45, 2.75) is 32.7 Å². The highest BCUT2D eigenvalue weighted by Gasteiger charge is 2.11. The zero-order chi connectivity index (χ0) is 12.8. The van der Waals surface area contributed by atoms with E-state index in [9.17, 15) is 4.79 Å². The number of nitriles is 1. The highest BCUT2D eigenvalue weighted by Crippen LogP contribution is 2.16. The molecule has 1 heterocycles. The molecule has 0 N–H and O–H groups in total. The van der Waals surface area contributed by atoms with Crippen molar-refractivity contribution in [3.8, 4) is 6.07 Å². The summed E-state index contributed by atoms with van der Waals surface area (Å²) in [5.41, 5.74) is 1.41. The van der Waals surface area contributed by atoms with Gasteiger partial charge in [-0.15, -0.1) is 0 Å². The molecule has 0 aromatic carbocycles. The summed E-state index contributed by atoms with van der Waals surface area (Å²) < 4.78 is 0. The Balaban J connectivity index is 2.81. The average molecular weight is 231 g/mol. The average Bonchev–Trinajstić information content (AvgIpc) is 2.37. The molecule has 17 heavy (non-hydrogen) atoms. The Labute approximate surface area is 102 Å². The summed E-state index contributed by atoms with van der Waals surface area (Å²) in [5.74, 6) is 0.0456. The van der Waals surface area contributed by atoms with Gasteiger partial charge in [0.25, 0.3) is 0 Å². The topological polar surface area (TPSA) is 57.0 Å². The molecule has 1 unspecified atom stereocenters. The molecule has 0 amide bonds. The van der Waals surface area contributed by atoms with Gasteiger partial charge in [0.1, 0.15) is 5.69 Å². The molecule has 1 rings (SSSR count). The van der Waals surface area contributed by atoms with Crippen LogP contribution in [0.15, 0.2) is 18.3 Å². The second-order valence-electron chi connectivity index (χ2n) is 4.00. The number of Topliss-reactive ketones (excluding diaryl/α,β-unsaturated/α-hetero) is 1. The third-order valence-corrected chi connectivity index (χ3v) is 2.81. The zero-order valence-corrected chi connectivity index (χ0v) is 10.5. The number of anilines is 1. The quantitative estimate of drug-likeness (QED) is 0.730. The van der Waals surface area contributed by atoms with E-state index >= 15 is 0 Å². The van der Waals surface area contributed by atoms with Crippen LogP contribution < -0.4 is 4.90 Å². The van der Waals surface area contributed by atoms with E-state index in [4.69, 9.17) is 5.26 Å². The van der Waals surface area contributed by atoms with Crippen LogP contribution >= 0.6 is 0 Å². The minimum absolute atomic E-state index is 0.0456. The first-order valence-corrected chi connectivity index (χ1v) is 5.69.